The van der Waals surface area contributed by atoms with Crippen molar-refractivity contribution in [3.05, 3.63) is 89.8 Å². The summed E-state index contributed by atoms with van der Waals surface area (Å²) in [4.78, 5) is 6.96. The number of allylic oxidation sites excluding steroid dienone is 2. The molecule has 1 unspecified atom stereocenters. The fourth-order valence-electron chi connectivity index (χ4n) is 5.89. The summed E-state index contributed by atoms with van der Waals surface area (Å²) in [6.07, 6.45) is 9.17. The molecule has 1 aromatic carbocycles. The van der Waals surface area contributed by atoms with Crippen LogP contribution in [0.1, 0.15) is 67.1 Å². The van der Waals surface area contributed by atoms with Crippen molar-refractivity contribution in [1.82, 2.24) is 29.8 Å². The molecule has 1 atom stereocenters. The van der Waals surface area contributed by atoms with E-state index in [9.17, 15) is 4.39 Å². The lowest BCUT2D eigenvalue weighted by molar-refractivity contribution is 0.225. The van der Waals surface area contributed by atoms with Crippen molar-refractivity contribution < 1.29 is 4.39 Å². The molecule has 3 aliphatic rings. The Hall–Kier alpha value is -3.48. The van der Waals surface area contributed by atoms with E-state index in [-0.39, 0.29) is 11.9 Å². The minimum atomic E-state index is -0.230. The molecule has 0 radical (unpaired) electrons. The Kier molecular flexibility index (Phi) is 8.15. The highest BCUT2D eigenvalue weighted by Crippen LogP contribution is 2.38. The van der Waals surface area contributed by atoms with Crippen LogP contribution in [0, 0.1) is 12.7 Å². The zero-order valence-electron chi connectivity index (χ0n) is 23.7. The van der Waals surface area contributed by atoms with Crippen LogP contribution in [-0.4, -0.2) is 64.3 Å². The fraction of sp³-hybridized carbons (Fsp3) is 0.469. The van der Waals surface area contributed by atoms with Crippen LogP contribution >= 0.6 is 0 Å². The molecule has 2 fully saturated rings. The lowest BCUT2D eigenvalue weighted by Gasteiger charge is -2.38. The third kappa shape index (κ3) is 5.92. The van der Waals surface area contributed by atoms with Crippen molar-refractivity contribution in [2.24, 2.45) is 0 Å². The van der Waals surface area contributed by atoms with Crippen LogP contribution in [0.5, 0.6) is 0 Å². The largest absolute Gasteiger partial charge is 0.389 e. The monoisotopic (exact) mass is 530 g/mol. The molecule has 0 spiro atoms. The number of nitrogens with one attached hydrogen (secondary N) is 1. The van der Waals surface area contributed by atoms with Gasteiger partial charge in [0.1, 0.15) is 11.6 Å². The number of hydrogen-bond donors (Lipinski definition) is 1. The van der Waals surface area contributed by atoms with Crippen LogP contribution < -0.4 is 5.32 Å². The van der Waals surface area contributed by atoms with E-state index in [2.05, 4.69) is 70.5 Å². The first-order chi connectivity index (χ1) is 18.8. The van der Waals surface area contributed by atoms with Gasteiger partial charge in [-0.3, -0.25) is 0 Å². The summed E-state index contributed by atoms with van der Waals surface area (Å²) in [5.41, 5.74) is 7.05. The average molecular weight is 531 g/mol. The maximum absolute atomic E-state index is 14.5. The van der Waals surface area contributed by atoms with Gasteiger partial charge in [0.2, 0.25) is 0 Å². The van der Waals surface area contributed by atoms with Crippen molar-refractivity contribution in [3.8, 4) is 0 Å². The van der Waals surface area contributed by atoms with E-state index < -0.39 is 0 Å². The molecular formula is C32H43FN6. The quantitative estimate of drug-likeness (QED) is 0.522. The predicted octanol–water partition coefficient (Wildman–Crippen LogP) is 5.92. The van der Waals surface area contributed by atoms with Gasteiger partial charge in [-0.05, 0) is 75.6 Å². The van der Waals surface area contributed by atoms with Crippen molar-refractivity contribution in [1.29, 1.82) is 0 Å². The molecule has 2 saturated heterocycles. The second-order valence-corrected chi connectivity index (χ2v) is 11.2. The molecular weight excluding hydrogens is 487 g/mol. The van der Waals surface area contributed by atoms with Crippen LogP contribution in [0.4, 0.5) is 4.39 Å². The molecule has 7 heteroatoms. The van der Waals surface area contributed by atoms with E-state index in [1.54, 1.807) is 12.1 Å². The Bertz CT molecular complexity index is 1270. The van der Waals surface area contributed by atoms with Gasteiger partial charge in [-0.2, -0.15) is 5.10 Å². The smallest absolute Gasteiger partial charge is 0.132 e. The van der Waals surface area contributed by atoms with E-state index in [1.165, 1.54) is 6.42 Å². The summed E-state index contributed by atoms with van der Waals surface area (Å²) in [5, 5.41) is 8.72. The molecule has 2 bridgehead atoms. The number of aromatic nitrogens is 2. The van der Waals surface area contributed by atoms with Crippen LogP contribution in [0.2, 0.25) is 0 Å². The van der Waals surface area contributed by atoms with Crippen LogP contribution in [-0.2, 0) is 6.42 Å². The number of benzene rings is 1. The van der Waals surface area contributed by atoms with Gasteiger partial charge in [-0.25, -0.2) is 9.07 Å². The number of likely N-dealkylation sites (tertiary alicyclic amines) is 1. The van der Waals surface area contributed by atoms with Gasteiger partial charge >= 0.3 is 0 Å². The van der Waals surface area contributed by atoms with Gasteiger partial charge in [0.05, 0.1) is 11.7 Å². The minimum Gasteiger partial charge on any atom is -0.389 e. The second-order valence-electron chi connectivity index (χ2n) is 11.2. The molecule has 0 amide bonds. The first-order valence-electron chi connectivity index (χ1n) is 14.4. The molecule has 0 saturated carbocycles. The second kappa shape index (κ2) is 11.7. The Morgan fingerprint density at radius 3 is 2.64 bits per heavy atom. The Balaban J connectivity index is 1.55. The molecule has 2 aromatic rings. The topological polar surface area (TPSA) is 39.6 Å². The van der Waals surface area contributed by atoms with Gasteiger partial charge in [-0.15, -0.1) is 0 Å². The van der Waals surface area contributed by atoms with Gasteiger partial charge in [0.25, 0.3) is 0 Å². The molecule has 39 heavy (non-hydrogen) atoms. The maximum Gasteiger partial charge on any atom is 0.132 e. The molecule has 5 rings (SSSR count). The molecule has 4 heterocycles. The average Bonchev–Trinajstić information content (AvgIpc) is 3.27. The number of rotatable bonds is 2. The number of piperidine rings is 1. The first kappa shape index (κ1) is 27.1. The van der Waals surface area contributed by atoms with E-state index in [0.717, 1.165) is 117 Å². The number of halogens is 1. The lowest BCUT2D eigenvalue weighted by Crippen LogP contribution is -2.36. The van der Waals surface area contributed by atoms with Crippen LogP contribution in [0.3, 0.4) is 0 Å². The van der Waals surface area contributed by atoms with E-state index in [0.29, 0.717) is 0 Å². The van der Waals surface area contributed by atoms with Crippen molar-refractivity contribution >= 4 is 11.5 Å². The number of aryl methyl sites for hydroxylation is 2. The minimum absolute atomic E-state index is 0.0970. The first-order valence-corrected chi connectivity index (χ1v) is 14.4. The summed E-state index contributed by atoms with van der Waals surface area (Å²) in [5.74, 6) is 0.805. The summed E-state index contributed by atoms with van der Waals surface area (Å²) < 4.78 is 16.6. The molecule has 3 aliphatic heterocycles. The van der Waals surface area contributed by atoms with E-state index in [1.807, 2.05) is 6.07 Å². The Labute approximate surface area is 233 Å². The van der Waals surface area contributed by atoms with Crippen molar-refractivity contribution in [2.75, 3.05) is 39.8 Å². The van der Waals surface area contributed by atoms with Crippen molar-refractivity contribution in [2.45, 2.75) is 57.9 Å². The number of nitrogens with zero attached hydrogens (tertiary/aromatic N) is 5. The molecule has 1 N–H and O–H groups in total. The lowest BCUT2D eigenvalue weighted by atomic mass is 9.94. The number of hydrogen-bond acceptors (Lipinski definition) is 5. The predicted molar refractivity (Wildman–Crippen MR) is 158 cm³/mol. The highest BCUT2D eigenvalue weighted by atomic mass is 19.1. The highest BCUT2D eigenvalue weighted by Gasteiger charge is 2.30. The van der Waals surface area contributed by atoms with Gasteiger partial charge in [0.15, 0.2) is 0 Å². The molecule has 0 aliphatic carbocycles. The van der Waals surface area contributed by atoms with Crippen LogP contribution in [0.25, 0.3) is 11.5 Å². The summed E-state index contributed by atoms with van der Waals surface area (Å²) in [6.45, 7) is 20.0. The van der Waals surface area contributed by atoms with E-state index in [4.69, 9.17) is 5.10 Å². The van der Waals surface area contributed by atoms with Gasteiger partial charge in [-0.1, -0.05) is 25.8 Å². The SMILES string of the molecule is C=C1CCc2ccc(F)cc2C(=C)N2CCCCC2c2cc(C)n(n2)/C(=C\C(=C)N2CCC2)N(C)CCCN1. The molecule has 1 aromatic heterocycles. The standard InChI is InChI=1S/C32H43FN6/c1-23-11-12-27-13-14-28(33)22-29(27)26(4)38-19-7-6-10-31(38)30-20-25(3)39(35-30)32(36(5)16-8-15-34-23)21-24(2)37-17-9-18-37/h13-14,20-22,31,34H,1-2,4,6-12,15-19H2,3,5H3/b32-21-. The summed E-state index contributed by atoms with van der Waals surface area (Å²) >= 11 is 0. The third-order valence-corrected chi connectivity index (χ3v) is 8.39. The maximum atomic E-state index is 14.5. The van der Waals surface area contributed by atoms with Gasteiger partial charge in [0, 0.05) is 74.2 Å². The van der Waals surface area contributed by atoms with E-state index >= 15 is 0 Å². The number of fused-ring (bicyclic) bond motifs is 5. The molecule has 208 valence electrons. The Morgan fingerprint density at radius 2 is 1.87 bits per heavy atom. The third-order valence-electron chi connectivity index (χ3n) is 8.39. The summed E-state index contributed by atoms with van der Waals surface area (Å²) in [6, 6.07) is 7.42. The fourth-order valence-corrected chi connectivity index (χ4v) is 5.89. The summed E-state index contributed by atoms with van der Waals surface area (Å²) in [7, 11) is 2.14. The van der Waals surface area contributed by atoms with Crippen molar-refractivity contribution in [3.63, 3.8) is 0 Å². The van der Waals surface area contributed by atoms with Gasteiger partial charge < -0.3 is 20.0 Å². The Morgan fingerprint density at radius 1 is 1.05 bits per heavy atom. The zero-order chi connectivity index (χ0) is 27.5. The normalized spacial score (nSPS) is 22.1. The molecule has 6 nitrogen and oxygen atoms in total. The zero-order valence-corrected chi connectivity index (χ0v) is 23.7. The highest BCUT2D eigenvalue weighted by molar-refractivity contribution is 5.66. The van der Waals surface area contributed by atoms with Crippen LogP contribution in [0.15, 0.2) is 61.5 Å².